The summed E-state index contributed by atoms with van der Waals surface area (Å²) in [4.78, 5) is 13.5. The Kier molecular flexibility index (Phi) is 2.71. The maximum absolute atomic E-state index is 11.3. The van der Waals surface area contributed by atoms with E-state index in [1.54, 1.807) is 6.07 Å². The Morgan fingerprint density at radius 2 is 2.06 bits per heavy atom. The van der Waals surface area contributed by atoms with Crippen molar-refractivity contribution in [1.82, 2.24) is 5.32 Å². The summed E-state index contributed by atoms with van der Waals surface area (Å²) in [6.45, 7) is 3.77. The second-order valence-corrected chi connectivity index (χ2v) is 4.48. The first-order valence-electron chi connectivity index (χ1n) is 6.06. The number of ether oxygens (including phenoxy) is 1. The number of hydrogen-bond donors (Lipinski definition) is 3. The van der Waals surface area contributed by atoms with E-state index in [-0.39, 0.29) is 12.5 Å². The molecular weight excluding hydrogens is 232 g/mol. The predicted molar refractivity (Wildman–Crippen MR) is 70.1 cm³/mol. The van der Waals surface area contributed by atoms with Gasteiger partial charge in [-0.15, -0.1) is 0 Å². The second kappa shape index (κ2) is 4.38. The van der Waals surface area contributed by atoms with Crippen LogP contribution in [0.25, 0.3) is 0 Å². The fourth-order valence-electron chi connectivity index (χ4n) is 2.31. The summed E-state index contributed by atoms with van der Waals surface area (Å²) in [5, 5.41) is 6.10. The number of nitrogens with two attached hydrogens (primary N) is 1. The van der Waals surface area contributed by atoms with Crippen molar-refractivity contribution in [1.29, 1.82) is 0 Å². The molecule has 1 aromatic carbocycles. The van der Waals surface area contributed by atoms with Crippen molar-refractivity contribution in [2.24, 2.45) is 0 Å². The molecular formula is C12H16N4O2. The molecule has 2 heterocycles. The number of benzene rings is 1. The SMILES string of the molecule is Nc1cc2c(cc1N1CCNCC1)NC(=O)CO2. The number of nitrogen functional groups attached to an aromatic ring is 1. The molecule has 0 unspecified atom stereocenters. The smallest absolute Gasteiger partial charge is 0.262 e. The summed E-state index contributed by atoms with van der Waals surface area (Å²) < 4.78 is 5.34. The number of carbonyl (C=O) groups excluding carboxylic acids is 1. The monoisotopic (exact) mass is 248 g/mol. The Morgan fingerprint density at radius 1 is 1.28 bits per heavy atom. The lowest BCUT2D eigenvalue weighted by molar-refractivity contribution is -0.118. The molecule has 0 spiro atoms. The molecule has 0 atom stereocenters. The van der Waals surface area contributed by atoms with Gasteiger partial charge in [-0.05, 0) is 6.07 Å². The van der Waals surface area contributed by atoms with Crippen molar-refractivity contribution in [2.45, 2.75) is 0 Å². The van der Waals surface area contributed by atoms with E-state index in [9.17, 15) is 4.79 Å². The van der Waals surface area contributed by atoms with Crippen molar-refractivity contribution in [2.75, 3.05) is 48.7 Å². The summed E-state index contributed by atoms with van der Waals surface area (Å²) in [6.07, 6.45) is 0. The highest BCUT2D eigenvalue weighted by Gasteiger charge is 2.20. The van der Waals surface area contributed by atoms with E-state index in [4.69, 9.17) is 10.5 Å². The van der Waals surface area contributed by atoms with Crippen molar-refractivity contribution < 1.29 is 9.53 Å². The number of piperazine rings is 1. The van der Waals surface area contributed by atoms with Gasteiger partial charge < -0.3 is 26.0 Å². The van der Waals surface area contributed by atoms with E-state index in [0.29, 0.717) is 17.1 Å². The summed E-state index contributed by atoms with van der Waals surface area (Å²) in [5.74, 6) is 0.518. The third kappa shape index (κ3) is 1.95. The van der Waals surface area contributed by atoms with Crippen LogP contribution >= 0.6 is 0 Å². The van der Waals surface area contributed by atoms with Gasteiger partial charge in [0.15, 0.2) is 6.61 Å². The van der Waals surface area contributed by atoms with Crippen LogP contribution in [0.15, 0.2) is 12.1 Å². The Bertz CT molecular complexity index is 483. The average molecular weight is 248 g/mol. The van der Waals surface area contributed by atoms with Crippen LogP contribution in [0.3, 0.4) is 0 Å². The van der Waals surface area contributed by atoms with Gasteiger partial charge in [0.1, 0.15) is 5.75 Å². The van der Waals surface area contributed by atoms with Gasteiger partial charge in [-0.2, -0.15) is 0 Å². The molecule has 1 aromatic rings. The minimum absolute atomic E-state index is 0.0550. The van der Waals surface area contributed by atoms with Gasteiger partial charge in [0.05, 0.1) is 17.1 Å². The van der Waals surface area contributed by atoms with E-state index in [2.05, 4.69) is 15.5 Å². The van der Waals surface area contributed by atoms with E-state index in [0.717, 1.165) is 31.9 Å². The molecule has 1 amide bonds. The fourth-order valence-corrected chi connectivity index (χ4v) is 2.31. The average Bonchev–Trinajstić information content (AvgIpc) is 2.39. The van der Waals surface area contributed by atoms with Gasteiger partial charge in [-0.3, -0.25) is 4.79 Å². The van der Waals surface area contributed by atoms with Crippen molar-refractivity contribution >= 4 is 23.0 Å². The molecule has 0 aliphatic carbocycles. The molecule has 0 bridgehead atoms. The largest absolute Gasteiger partial charge is 0.482 e. The summed E-state index contributed by atoms with van der Waals surface area (Å²) >= 11 is 0. The van der Waals surface area contributed by atoms with E-state index >= 15 is 0 Å². The number of amides is 1. The Balaban J connectivity index is 1.94. The number of rotatable bonds is 1. The molecule has 3 rings (SSSR count). The topological polar surface area (TPSA) is 79.6 Å². The highest BCUT2D eigenvalue weighted by Crippen LogP contribution is 2.36. The molecule has 96 valence electrons. The zero-order chi connectivity index (χ0) is 12.5. The summed E-state index contributed by atoms with van der Waals surface area (Å²) in [6, 6.07) is 3.68. The number of carbonyl (C=O) groups is 1. The van der Waals surface area contributed by atoms with Crippen LogP contribution in [0.4, 0.5) is 17.1 Å². The molecule has 0 radical (unpaired) electrons. The fraction of sp³-hybridized carbons (Fsp3) is 0.417. The van der Waals surface area contributed by atoms with Crippen LogP contribution in [0.1, 0.15) is 0 Å². The molecule has 1 fully saturated rings. The lowest BCUT2D eigenvalue weighted by Crippen LogP contribution is -2.43. The third-order valence-electron chi connectivity index (χ3n) is 3.22. The molecule has 18 heavy (non-hydrogen) atoms. The van der Waals surface area contributed by atoms with Crippen LogP contribution in [0, 0.1) is 0 Å². The second-order valence-electron chi connectivity index (χ2n) is 4.48. The molecule has 2 aliphatic heterocycles. The zero-order valence-electron chi connectivity index (χ0n) is 10.0. The number of hydrogen-bond acceptors (Lipinski definition) is 5. The molecule has 0 aromatic heterocycles. The van der Waals surface area contributed by atoms with Crippen LogP contribution in [-0.2, 0) is 4.79 Å². The first kappa shape index (κ1) is 11.2. The van der Waals surface area contributed by atoms with E-state index < -0.39 is 0 Å². The lowest BCUT2D eigenvalue weighted by Gasteiger charge is -2.31. The van der Waals surface area contributed by atoms with Crippen molar-refractivity contribution in [3.8, 4) is 5.75 Å². The molecule has 0 saturated carbocycles. The van der Waals surface area contributed by atoms with Gasteiger partial charge >= 0.3 is 0 Å². The summed E-state index contributed by atoms with van der Waals surface area (Å²) in [7, 11) is 0. The zero-order valence-corrected chi connectivity index (χ0v) is 10.0. The quantitative estimate of drug-likeness (QED) is 0.610. The molecule has 6 nitrogen and oxygen atoms in total. The standard InChI is InChI=1S/C12H16N4O2/c13-8-5-11-9(15-12(17)7-18-11)6-10(8)16-3-1-14-2-4-16/h5-6,14H,1-4,7,13H2,(H,15,17). The van der Waals surface area contributed by atoms with Crippen LogP contribution in [0.2, 0.25) is 0 Å². The minimum atomic E-state index is -0.126. The van der Waals surface area contributed by atoms with Crippen LogP contribution in [0.5, 0.6) is 5.75 Å². The molecule has 1 saturated heterocycles. The maximum atomic E-state index is 11.3. The van der Waals surface area contributed by atoms with E-state index in [1.807, 2.05) is 6.07 Å². The highest BCUT2D eigenvalue weighted by atomic mass is 16.5. The summed E-state index contributed by atoms with van der Waals surface area (Å²) in [5.41, 5.74) is 8.40. The molecule has 6 heteroatoms. The predicted octanol–water partition coefficient (Wildman–Crippen LogP) is 0.00930. The first-order valence-corrected chi connectivity index (χ1v) is 6.06. The van der Waals surface area contributed by atoms with Gasteiger partial charge in [-0.25, -0.2) is 0 Å². The normalized spacial score (nSPS) is 18.9. The Hall–Kier alpha value is -1.95. The Labute approximate surface area is 105 Å². The maximum Gasteiger partial charge on any atom is 0.262 e. The van der Waals surface area contributed by atoms with Crippen molar-refractivity contribution in [3.63, 3.8) is 0 Å². The number of nitrogens with one attached hydrogen (secondary N) is 2. The van der Waals surface area contributed by atoms with E-state index in [1.165, 1.54) is 0 Å². The van der Waals surface area contributed by atoms with Crippen LogP contribution in [-0.4, -0.2) is 38.7 Å². The van der Waals surface area contributed by atoms with Gasteiger partial charge in [0.25, 0.3) is 5.91 Å². The number of anilines is 3. The van der Waals surface area contributed by atoms with Gasteiger partial charge in [0, 0.05) is 32.2 Å². The molecule has 4 N–H and O–H groups in total. The molecule has 2 aliphatic rings. The minimum Gasteiger partial charge on any atom is -0.482 e. The van der Waals surface area contributed by atoms with Crippen molar-refractivity contribution in [3.05, 3.63) is 12.1 Å². The van der Waals surface area contributed by atoms with Crippen LogP contribution < -0.4 is 26.0 Å². The van der Waals surface area contributed by atoms with Gasteiger partial charge in [0.2, 0.25) is 0 Å². The number of nitrogens with zero attached hydrogens (tertiary/aromatic N) is 1. The van der Waals surface area contributed by atoms with Gasteiger partial charge in [-0.1, -0.05) is 0 Å². The Morgan fingerprint density at radius 3 is 2.83 bits per heavy atom. The first-order chi connectivity index (χ1) is 8.74. The highest BCUT2D eigenvalue weighted by molar-refractivity contribution is 5.97. The lowest BCUT2D eigenvalue weighted by atomic mass is 10.1. The number of fused-ring (bicyclic) bond motifs is 1. The third-order valence-corrected chi connectivity index (χ3v) is 3.22.